The lowest BCUT2D eigenvalue weighted by molar-refractivity contribution is 0.0673. The third-order valence-electron chi connectivity index (χ3n) is 5.66. The fourth-order valence-corrected chi connectivity index (χ4v) is 3.87. The molecular weight excluding hydrogens is 388 g/mol. The van der Waals surface area contributed by atoms with E-state index in [0.29, 0.717) is 25.5 Å². The number of carbonyl (C=O) groups excluding carboxylic acids is 1. The molecule has 160 valence electrons. The second kappa shape index (κ2) is 9.16. The third kappa shape index (κ3) is 4.85. The van der Waals surface area contributed by atoms with E-state index in [1.807, 2.05) is 66.4 Å². The summed E-state index contributed by atoms with van der Waals surface area (Å²) in [7, 11) is 0. The molecule has 1 aliphatic heterocycles. The highest BCUT2D eigenvalue weighted by Gasteiger charge is 2.29. The first-order valence-corrected chi connectivity index (χ1v) is 10.7. The van der Waals surface area contributed by atoms with Gasteiger partial charge in [0.15, 0.2) is 0 Å². The molecule has 0 spiro atoms. The summed E-state index contributed by atoms with van der Waals surface area (Å²) in [5.41, 5.74) is 3.11. The molecule has 0 unspecified atom stereocenters. The van der Waals surface area contributed by atoms with Gasteiger partial charge in [-0.25, -0.2) is 9.97 Å². The van der Waals surface area contributed by atoms with Gasteiger partial charge in [-0.15, -0.1) is 0 Å². The number of aryl methyl sites for hydroxylation is 2. The highest BCUT2D eigenvalue weighted by atomic mass is 16.5. The van der Waals surface area contributed by atoms with E-state index in [4.69, 9.17) is 4.74 Å². The summed E-state index contributed by atoms with van der Waals surface area (Å²) in [4.78, 5) is 25.8. The van der Waals surface area contributed by atoms with Crippen molar-refractivity contribution < 1.29 is 9.53 Å². The number of piperazine rings is 1. The number of benzene rings is 2. The zero-order valence-electron chi connectivity index (χ0n) is 18.3. The van der Waals surface area contributed by atoms with E-state index in [2.05, 4.69) is 28.7 Å². The normalized spacial score (nSPS) is 16.3. The van der Waals surface area contributed by atoms with E-state index >= 15 is 0 Å². The van der Waals surface area contributed by atoms with Crippen LogP contribution in [0, 0.1) is 6.92 Å². The molecule has 0 saturated carbocycles. The Hall–Kier alpha value is -3.41. The van der Waals surface area contributed by atoms with E-state index in [9.17, 15) is 4.79 Å². The van der Waals surface area contributed by atoms with Crippen LogP contribution in [-0.4, -0.2) is 46.5 Å². The number of hydrogen-bond donors (Lipinski definition) is 0. The van der Waals surface area contributed by atoms with E-state index in [0.717, 1.165) is 29.1 Å². The molecule has 1 saturated heterocycles. The van der Waals surface area contributed by atoms with Crippen LogP contribution in [0.5, 0.6) is 11.6 Å². The maximum Gasteiger partial charge on any atom is 0.254 e. The van der Waals surface area contributed by atoms with E-state index in [-0.39, 0.29) is 11.9 Å². The molecule has 0 aliphatic carbocycles. The zero-order valence-corrected chi connectivity index (χ0v) is 18.3. The second-order valence-corrected chi connectivity index (χ2v) is 7.98. The van der Waals surface area contributed by atoms with Gasteiger partial charge in [-0.1, -0.05) is 31.2 Å². The highest BCUT2D eigenvalue weighted by Crippen LogP contribution is 2.25. The molecule has 1 aliphatic rings. The summed E-state index contributed by atoms with van der Waals surface area (Å²) in [6.07, 6.45) is 2.50. The summed E-state index contributed by atoms with van der Waals surface area (Å²) < 4.78 is 5.91. The molecule has 1 aromatic heterocycles. The molecule has 0 bridgehead atoms. The van der Waals surface area contributed by atoms with Crippen LogP contribution in [0.3, 0.4) is 0 Å². The standard InChI is InChI=1S/C25H28N4O2/c1-4-20-8-10-21(11-9-20)25(30)29-13-12-28(16-19(29)3)23-15-24(27-17-26-23)31-22-7-5-6-18(2)14-22/h5-11,14-15,17,19H,4,12-13,16H2,1-3H3/t19-/m1/s1. The molecule has 3 aromatic rings. The van der Waals surface area contributed by atoms with Crippen molar-refractivity contribution in [2.75, 3.05) is 24.5 Å². The maximum atomic E-state index is 13.0. The van der Waals surface area contributed by atoms with Crippen LogP contribution in [0.4, 0.5) is 5.82 Å². The Kier molecular flexibility index (Phi) is 6.16. The molecule has 6 heteroatoms. The van der Waals surface area contributed by atoms with Crippen LogP contribution in [-0.2, 0) is 6.42 Å². The Morgan fingerprint density at radius 1 is 1.10 bits per heavy atom. The predicted octanol–water partition coefficient (Wildman–Crippen LogP) is 4.49. The molecule has 1 fully saturated rings. The number of amides is 1. The Morgan fingerprint density at radius 2 is 1.90 bits per heavy atom. The van der Waals surface area contributed by atoms with Gasteiger partial charge >= 0.3 is 0 Å². The van der Waals surface area contributed by atoms with Gasteiger partial charge in [0.05, 0.1) is 0 Å². The number of anilines is 1. The second-order valence-electron chi connectivity index (χ2n) is 7.98. The van der Waals surface area contributed by atoms with Crippen molar-refractivity contribution >= 4 is 11.7 Å². The lowest BCUT2D eigenvalue weighted by atomic mass is 10.1. The molecule has 4 rings (SSSR count). The van der Waals surface area contributed by atoms with Crippen molar-refractivity contribution in [1.82, 2.24) is 14.9 Å². The fraction of sp³-hybridized carbons (Fsp3) is 0.320. The van der Waals surface area contributed by atoms with Gasteiger partial charge in [-0.05, 0) is 55.7 Å². The van der Waals surface area contributed by atoms with E-state index in [1.54, 1.807) is 0 Å². The van der Waals surface area contributed by atoms with Crippen LogP contribution in [0.2, 0.25) is 0 Å². The van der Waals surface area contributed by atoms with Crippen LogP contribution >= 0.6 is 0 Å². The number of aromatic nitrogens is 2. The third-order valence-corrected chi connectivity index (χ3v) is 5.66. The lowest BCUT2D eigenvalue weighted by Crippen LogP contribution is -2.54. The van der Waals surface area contributed by atoms with Crippen LogP contribution < -0.4 is 9.64 Å². The minimum atomic E-state index is 0.0724. The van der Waals surface area contributed by atoms with Gasteiger partial charge in [-0.2, -0.15) is 0 Å². The van der Waals surface area contributed by atoms with Gasteiger partial charge in [0.1, 0.15) is 17.9 Å². The first-order valence-electron chi connectivity index (χ1n) is 10.7. The highest BCUT2D eigenvalue weighted by molar-refractivity contribution is 5.94. The Bertz CT molecular complexity index is 1050. The SMILES string of the molecule is CCc1ccc(C(=O)N2CCN(c3cc(Oc4cccc(C)c4)ncn3)C[C@H]2C)cc1. The largest absolute Gasteiger partial charge is 0.439 e. The molecular formula is C25H28N4O2. The molecule has 6 nitrogen and oxygen atoms in total. The lowest BCUT2D eigenvalue weighted by Gasteiger charge is -2.40. The summed E-state index contributed by atoms with van der Waals surface area (Å²) in [5, 5.41) is 0. The minimum absolute atomic E-state index is 0.0724. The van der Waals surface area contributed by atoms with Gasteiger partial charge in [0.2, 0.25) is 5.88 Å². The van der Waals surface area contributed by atoms with Crippen molar-refractivity contribution in [1.29, 1.82) is 0 Å². The quantitative estimate of drug-likeness (QED) is 0.613. The van der Waals surface area contributed by atoms with Crippen LogP contribution in [0.1, 0.15) is 35.3 Å². The Labute approximate surface area is 183 Å². The molecule has 1 amide bonds. The average Bonchev–Trinajstić information content (AvgIpc) is 2.79. The van der Waals surface area contributed by atoms with Crippen molar-refractivity contribution in [3.63, 3.8) is 0 Å². The molecule has 31 heavy (non-hydrogen) atoms. The summed E-state index contributed by atoms with van der Waals surface area (Å²) in [5.74, 6) is 2.16. The molecule has 0 radical (unpaired) electrons. The van der Waals surface area contributed by atoms with Gasteiger partial charge in [-0.3, -0.25) is 4.79 Å². The minimum Gasteiger partial charge on any atom is -0.439 e. The molecule has 2 aromatic carbocycles. The van der Waals surface area contributed by atoms with Crippen LogP contribution in [0.25, 0.3) is 0 Å². The van der Waals surface area contributed by atoms with Crippen molar-refractivity contribution in [2.45, 2.75) is 33.2 Å². The Morgan fingerprint density at radius 3 is 2.61 bits per heavy atom. The molecule has 2 heterocycles. The topological polar surface area (TPSA) is 58.6 Å². The number of rotatable bonds is 5. The zero-order chi connectivity index (χ0) is 21.8. The smallest absolute Gasteiger partial charge is 0.254 e. The maximum absolute atomic E-state index is 13.0. The Balaban J connectivity index is 1.43. The summed E-state index contributed by atoms with van der Waals surface area (Å²) >= 11 is 0. The van der Waals surface area contributed by atoms with Gasteiger partial charge in [0, 0.05) is 37.3 Å². The molecule has 0 N–H and O–H groups in total. The van der Waals surface area contributed by atoms with E-state index in [1.165, 1.54) is 11.9 Å². The number of carbonyl (C=O) groups is 1. The average molecular weight is 417 g/mol. The number of ether oxygens (including phenoxy) is 1. The summed E-state index contributed by atoms with van der Waals surface area (Å²) in [6, 6.07) is 17.7. The first kappa shape index (κ1) is 20.8. The van der Waals surface area contributed by atoms with E-state index < -0.39 is 0 Å². The van der Waals surface area contributed by atoms with Gasteiger partial charge < -0.3 is 14.5 Å². The van der Waals surface area contributed by atoms with Crippen LogP contribution in [0.15, 0.2) is 60.9 Å². The predicted molar refractivity (Wildman–Crippen MR) is 122 cm³/mol. The first-order chi connectivity index (χ1) is 15.0. The monoisotopic (exact) mass is 416 g/mol. The van der Waals surface area contributed by atoms with Gasteiger partial charge in [0.25, 0.3) is 5.91 Å². The van der Waals surface area contributed by atoms with Crippen molar-refractivity contribution in [2.24, 2.45) is 0 Å². The summed E-state index contributed by atoms with van der Waals surface area (Å²) in [6.45, 7) is 8.29. The number of hydrogen-bond acceptors (Lipinski definition) is 5. The number of nitrogens with zero attached hydrogens (tertiary/aromatic N) is 4. The fourth-order valence-electron chi connectivity index (χ4n) is 3.87. The molecule has 1 atom stereocenters. The van der Waals surface area contributed by atoms with Crippen molar-refractivity contribution in [3.05, 3.63) is 77.6 Å². The van der Waals surface area contributed by atoms with Crippen molar-refractivity contribution in [3.8, 4) is 11.6 Å².